The number of aromatic nitrogens is 2. The molecule has 0 aromatic carbocycles. The van der Waals surface area contributed by atoms with Crippen LogP contribution in [0.15, 0.2) is 17.2 Å². The number of methoxy groups -OCH3 is 1. The van der Waals surface area contributed by atoms with E-state index in [-0.39, 0.29) is 5.56 Å². The van der Waals surface area contributed by atoms with Gasteiger partial charge in [-0.15, -0.1) is 0 Å². The monoisotopic (exact) mass is 197 g/mol. The van der Waals surface area contributed by atoms with E-state index >= 15 is 0 Å². The normalized spacial score (nSPS) is 10.1. The summed E-state index contributed by atoms with van der Waals surface area (Å²) in [5, 5.41) is 2.96. The Kier molecular flexibility index (Phi) is 4.71. The van der Waals surface area contributed by atoms with Crippen molar-refractivity contribution in [3.05, 3.63) is 22.7 Å². The molecule has 5 nitrogen and oxygen atoms in total. The minimum absolute atomic E-state index is 0.181. The second-order valence-corrected chi connectivity index (χ2v) is 2.89. The number of anilines is 1. The molecule has 14 heavy (non-hydrogen) atoms. The highest BCUT2D eigenvalue weighted by Gasteiger charge is 1.96. The standard InChI is InChI=1S/C9H15N3O2/c1-14-7-3-2-4-10-8-9(13)12-6-5-11-8/h5-6H,2-4,7H2,1H3,(H,10,11)(H,12,13). The maximum absolute atomic E-state index is 11.1. The largest absolute Gasteiger partial charge is 0.385 e. The predicted molar refractivity (Wildman–Crippen MR) is 54.5 cm³/mol. The summed E-state index contributed by atoms with van der Waals surface area (Å²) in [5.74, 6) is 0.380. The van der Waals surface area contributed by atoms with Crippen LogP contribution in [0, 0.1) is 0 Å². The van der Waals surface area contributed by atoms with Gasteiger partial charge in [0.05, 0.1) is 0 Å². The quantitative estimate of drug-likeness (QED) is 0.656. The van der Waals surface area contributed by atoms with Gasteiger partial charge < -0.3 is 15.0 Å². The first kappa shape index (κ1) is 10.7. The smallest absolute Gasteiger partial charge is 0.290 e. The number of ether oxygens (including phenoxy) is 1. The summed E-state index contributed by atoms with van der Waals surface area (Å²) < 4.78 is 4.91. The number of H-pyrrole nitrogens is 1. The highest BCUT2D eigenvalue weighted by molar-refractivity contribution is 5.29. The van der Waals surface area contributed by atoms with Crippen LogP contribution >= 0.6 is 0 Å². The number of hydrogen-bond acceptors (Lipinski definition) is 4. The van der Waals surface area contributed by atoms with Crippen LogP contribution < -0.4 is 10.9 Å². The topological polar surface area (TPSA) is 67.0 Å². The van der Waals surface area contributed by atoms with Crippen LogP contribution in [-0.4, -0.2) is 30.2 Å². The summed E-state index contributed by atoms with van der Waals surface area (Å²) >= 11 is 0. The Balaban J connectivity index is 2.25. The van der Waals surface area contributed by atoms with E-state index in [1.807, 2.05) is 0 Å². The minimum Gasteiger partial charge on any atom is -0.385 e. The zero-order valence-electron chi connectivity index (χ0n) is 8.25. The molecule has 0 unspecified atom stereocenters. The number of rotatable bonds is 6. The Morgan fingerprint density at radius 3 is 3.14 bits per heavy atom. The SMILES string of the molecule is COCCCCNc1ncc[nH]c1=O. The van der Waals surface area contributed by atoms with Gasteiger partial charge in [-0.25, -0.2) is 4.98 Å². The summed E-state index contributed by atoms with van der Waals surface area (Å²) in [4.78, 5) is 17.6. The van der Waals surface area contributed by atoms with Gasteiger partial charge in [0, 0.05) is 32.7 Å². The van der Waals surface area contributed by atoms with Gasteiger partial charge >= 0.3 is 0 Å². The molecule has 0 atom stereocenters. The predicted octanol–water partition coefficient (Wildman–Crippen LogP) is 0.608. The maximum atomic E-state index is 11.1. The zero-order valence-corrected chi connectivity index (χ0v) is 8.25. The van der Waals surface area contributed by atoms with E-state index in [0.717, 1.165) is 26.0 Å². The Hall–Kier alpha value is -1.36. The molecular formula is C9H15N3O2. The fourth-order valence-electron chi connectivity index (χ4n) is 1.06. The third-order valence-corrected chi connectivity index (χ3v) is 1.78. The molecule has 0 aliphatic carbocycles. The van der Waals surface area contributed by atoms with Crippen LogP contribution in [0.2, 0.25) is 0 Å². The lowest BCUT2D eigenvalue weighted by molar-refractivity contribution is 0.194. The second kappa shape index (κ2) is 6.15. The van der Waals surface area contributed by atoms with E-state index in [9.17, 15) is 4.79 Å². The summed E-state index contributed by atoms with van der Waals surface area (Å²) in [6.07, 6.45) is 5.01. The molecule has 0 bridgehead atoms. The van der Waals surface area contributed by atoms with Crippen LogP contribution in [0.25, 0.3) is 0 Å². The van der Waals surface area contributed by atoms with Gasteiger partial charge in [0.2, 0.25) is 0 Å². The molecule has 0 radical (unpaired) electrons. The number of aromatic amines is 1. The van der Waals surface area contributed by atoms with Gasteiger partial charge in [-0.2, -0.15) is 0 Å². The average Bonchev–Trinajstić information content (AvgIpc) is 2.20. The van der Waals surface area contributed by atoms with E-state index in [1.54, 1.807) is 13.3 Å². The number of hydrogen-bond donors (Lipinski definition) is 2. The highest BCUT2D eigenvalue weighted by Crippen LogP contribution is 1.93. The Labute approximate surface area is 82.5 Å². The molecule has 0 amide bonds. The molecule has 1 aromatic rings. The van der Waals surface area contributed by atoms with E-state index in [0.29, 0.717) is 5.82 Å². The first-order chi connectivity index (χ1) is 6.84. The molecule has 5 heteroatoms. The van der Waals surface area contributed by atoms with Crippen LogP contribution in [0.5, 0.6) is 0 Å². The van der Waals surface area contributed by atoms with Crippen molar-refractivity contribution < 1.29 is 4.74 Å². The molecule has 0 fully saturated rings. The molecule has 1 heterocycles. The first-order valence-corrected chi connectivity index (χ1v) is 4.61. The summed E-state index contributed by atoms with van der Waals surface area (Å²) in [6.45, 7) is 1.49. The molecule has 0 saturated carbocycles. The molecule has 1 rings (SSSR count). The Morgan fingerprint density at radius 1 is 1.57 bits per heavy atom. The van der Waals surface area contributed by atoms with Crippen LogP contribution in [0.3, 0.4) is 0 Å². The number of nitrogens with zero attached hydrogens (tertiary/aromatic N) is 1. The summed E-state index contributed by atoms with van der Waals surface area (Å²) in [5.41, 5.74) is -0.181. The van der Waals surface area contributed by atoms with Crippen molar-refractivity contribution in [3.63, 3.8) is 0 Å². The Morgan fingerprint density at radius 2 is 2.43 bits per heavy atom. The molecule has 78 valence electrons. The van der Waals surface area contributed by atoms with Crippen molar-refractivity contribution in [2.75, 3.05) is 25.6 Å². The van der Waals surface area contributed by atoms with Gasteiger partial charge in [-0.3, -0.25) is 4.79 Å². The van der Waals surface area contributed by atoms with E-state index in [1.165, 1.54) is 6.20 Å². The van der Waals surface area contributed by atoms with Crippen LogP contribution in [0.1, 0.15) is 12.8 Å². The van der Waals surface area contributed by atoms with Crippen molar-refractivity contribution in [2.45, 2.75) is 12.8 Å². The summed E-state index contributed by atoms with van der Waals surface area (Å²) in [7, 11) is 1.68. The molecule has 0 saturated heterocycles. The van der Waals surface area contributed by atoms with Crippen molar-refractivity contribution in [2.24, 2.45) is 0 Å². The van der Waals surface area contributed by atoms with E-state index in [2.05, 4.69) is 15.3 Å². The Bertz CT molecular complexity index is 311. The molecule has 0 aliphatic heterocycles. The molecular weight excluding hydrogens is 182 g/mol. The first-order valence-electron chi connectivity index (χ1n) is 4.61. The van der Waals surface area contributed by atoms with Crippen molar-refractivity contribution in [1.82, 2.24) is 9.97 Å². The third kappa shape index (κ3) is 3.57. The van der Waals surface area contributed by atoms with E-state index in [4.69, 9.17) is 4.74 Å². The van der Waals surface area contributed by atoms with Crippen LogP contribution in [0.4, 0.5) is 5.82 Å². The maximum Gasteiger partial charge on any atom is 0.290 e. The summed E-state index contributed by atoms with van der Waals surface area (Å²) in [6, 6.07) is 0. The van der Waals surface area contributed by atoms with Gasteiger partial charge in [0.1, 0.15) is 0 Å². The lowest BCUT2D eigenvalue weighted by atomic mass is 10.3. The van der Waals surface area contributed by atoms with Crippen molar-refractivity contribution in [3.8, 4) is 0 Å². The average molecular weight is 197 g/mol. The van der Waals surface area contributed by atoms with Gasteiger partial charge in [-0.05, 0) is 12.8 Å². The highest BCUT2D eigenvalue weighted by atomic mass is 16.5. The fourth-order valence-corrected chi connectivity index (χ4v) is 1.06. The molecule has 0 aliphatic rings. The number of nitrogens with one attached hydrogen (secondary N) is 2. The molecule has 1 aromatic heterocycles. The fraction of sp³-hybridized carbons (Fsp3) is 0.556. The lowest BCUT2D eigenvalue weighted by Crippen LogP contribution is -2.16. The lowest BCUT2D eigenvalue weighted by Gasteiger charge is -2.03. The van der Waals surface area contributed by atoms with Gasteiger partial charge in [-0.1, -0.05) is 0 Å². The van der Waals surface area contributed by atoms with E-state index < -0.39 is 0 Å². The molecule has 0 spiro atoms. The second-order valence-electron chi connectivity index (χ2n) is 2.89. The number of unbranched alkanes of at least 4 members (excludes halogenated alkanes) is 1. The third-order valence-electron chi connectivity index (χ3n) is 1.78. The van der Waals surface area contributed by atoms with Gasteiger partial charge in [0.15, 0.2) is 5.82 Å². The van der Waals surface area contributed by atoms with Crippen LogP contribution in [-0.2, 0) is 4.74 Å². The van der Waals surface area contributed by atoms with Crippen molar-refractivity contribution in [1.29, 1.82) is 0 Å². The van der Waals surface area contributed by atoms with Crippen molar-refractivity contribution >= 4 is 5.82 Å². The van der Waals surface area contributed by atoms with Gasteiger partial charge in [0.25, 0.3) is 5.56 Å². The minimum atomic E-state index is -0.181. The zero-order chi connectivity index (χ0) is 10.2. The molecule has 2 N–H and O–H groups in total.